The van der Waals surface area contributed by atoms with Crippen LogP contribution in [0.15, 0.2) is 47.6 Å². The Balaban J connectivity index is 2.55. The van der Waals surface area contributed by atoms with Gasteiger partial charge in [-0.2, -0.15) is 0 Å². The first-order valence-corrected chi connectivity index (χ1v) is 9.33. The number of carbonyl (C=O) groups excluding carboxylic acids is 4. The predicted molar refractivity (Wildman–Crippen MR) is 105 cm³/mol. The van der Waals surface area contributed by atoms with Gasteiger partial charge in [0, 0.05) is 30.9 Å². The fourth-order valence-corrected chi connectivity index (χ4v) is 3.47. The molecule has 2 rings (SSSR count). The van der Waals surface area contributed by atoms with Gasteiger partial charge in [0.25, 0.3) is 0 Å². The van der Waals surface area contributed by atoms with E-state index in [0.29, 0.717) is 16.7 Å². The number of esters is 3. The molecule has 2 aliphatic rings. The van der Waals surface area contributed by atoms with Crippen LogP contribution in [0.1, 0.15) is 40.5 Å². The van der Waals surface area contributed by atoms with Crippen molar-refractivity contribution in [3.63, 3.8) is 0 Å². The van der Waals surface area contributed by atoms with Crippen LogP contribution in [0.25, 0.3) is 0 Å². The summed E-state index contributed by atoms with van der Waals surface area (Å²) in [5, 5.41) is 0. The first kappa shape index (κ1) is 22.3. The number of carbonyl (C=O) groups is 4. The standard InChI is InChI=1S/C22H26O7/c1-7-12(3)21(25)28-17-9-11(2)8-16(24)10-13(4)19(27-15(6)23)20-18(17)14(5)22(26)29-20/h7-8,17-20H,4-5,9-10H2,1-3,6H3/b11-8-,12-7+/t17-,18-,19+,20+/m1/s1. The molecular formula is C22H26O7. The third kappa shape index (κ3) is 5.10. The Morgan fingerprint density at radius 1 is 1.21 bits per heavy atom. The molecule has 29 heavy (non-hydrogen) atoms. The van der Waals surface area contributed by atoms with Gasteiger partial charge in [-0.1, -0.05) is 24.8 Å². The minimum atomic E-state index is -1.06. The van der Waals surface area contributed by atoms with Gasteiger partial charge in [0.15, 0.2) is 18.0 Å². The lowest BCUT2D eigenvalue weighted by molar-refractivity contribution is -0.162. The van der Waals surface area contributed by atoms with E-state index < -0.39 is 42.1 Å². The highest BCUT2D eigenvalue weighted by Crippen LogP contribution is 2.39. The second kappa shape index (κ2) is 9.03. The van der Waals surface area contributed by atoms with Crippen molar-refractivity contribution in [2.75, 3.05) is 0 Å². The minimum Gasteiger partial charge on any atom is -0.458 e. The molecule has 0 aromatic carbocycles. The van der Waals surface area contributed by atoms with Crippen LogP contribution in [-0.4, -0.2) is 42.0 Å². The summed E-state index contributed by atoms with van der Waals surface area (Å²) in [5.74, 6) is -2.82. The molecule has 0 bridgehead atoms. The zero-order valence-electron chi connectivity index (χ0n) is 17.2. The van der Waals surface area contributed by atoms with Gasteiger partial charge in [0.05, 0.1) is 5.92 Å². The van der Waals surface area contributed by atoms with Crippen molar-refractivity contribution in [1.29, 1.82) is 0 Å². The number of hydrogen-bond donors (Lipinski definition) is 0. The fourth-order valence-electron chi connectivity index (χ4n) is 3.47. The molecule has 1 saturated heterocycles. The molecule has 0 unspecified atom stereocenters. The van der Waals surface area contributed by atoms with Gasteiger partial charge in [0.1, 0.15) is 6.10 Å². The molecule has 0 aromatic rings. The Kier molecular flexibility index (Phi) is 6.95. The lowest BCUT2D eigenvalue weighted by Gasteiger charge is -2.33. The maximum Gasteiger partial charge on any atom is 0.334 e. The Hall–Kier alpha value is -2.96. The zero-order valence-corrected chi connectivity index (χ0v) is 17.2. The molecule has 4 atom stereocenters. The molecule has 0 aromatic heterocycles. The van der Waals surface area contributed by atoms with Crippen LogP contribution in [0.2, 0.25) is 0 Å². The van der Waals surface area contributed by atoms with Crippen LogP contribution < -0.4 is 0 Å². The smallest absolute Gasteiger partial charge is 0.334 e. The number of rotatable bonds is 3. The van der Waals surface area contributed by atoms with Crippen molar-refractivity contribution in [1.82, 2.24) is 0 Å². The third-order valence-electron chi connectivity index (χ3n) is 5.00. The molecule has 7 nitrogen and oxygen atoms in total. The predicted octanol–water partition coefficient (Wildman–Crippen LogP) is 2.76. The Labute approximate surface area is 170 Å². The summed E-state index contributed by atoms with van der Waals surface area (Å²) in [5.41, 5.74) is 1.49. The third-order valence-corrected chi connectivity index (χ3v) is 5.00. The number of hydrogen-bond acceptors (Lipinski definition) is 7. The van der Waals surface area contributed by atoms with E-state index in [2.05, 4.69) is 13.2 Å². The zero-order chi connectivity index (χ0) is 21.9. The monoisotopic (exact) mass is 402 g/mol. The summed E-state index contributed by atoms with van der Waals surface area (Å²) in [6.07, 6.45) is 0.305. The van der Waals surface area contributed by atoms with Gasteiger partial charge in [0.2, 0.25) is 0 Å². The van der Waals surface area contributed by atoms with Crippen LogP contribution in [0.3, 0.4) is 0 Å². The SMILES string of the molecule is C=C1C(=O)O[C@H]2[C@H]1[C@H](OC(=O)/C(C)=C/C)C/C(C)=C\C(=O)CC(=C)[C@@H]2OC(C)=O. The molecule has 1 fully saturated rings. The van der Waals surface area contributed by atoms with Crippen molar-refractivity contribution in [2.24, 2.45) is 5.92 Å². The largest absolute Gasteiger partial charge is 0.458 e. The molecule has 1 aliphatic heterocycles. The molecule has 156 valence electrons. The van der Waals surface area contributed by atoms with Crippen LogP contribution in [0.5, 0.6) is 0 Å². The van der Waals surface area contributed by atoms with Crippen LogP contribution >= 0.6 is 0 Å². The van der Waals surface area contributed by atoms with Crippen molar-refractivity contribution < 1.29 is 33.4 Å². The van der Waals surface area contributed by atoms with E-state index in [1.54, 1.807) is 26.8 Å². The molecule has 0 saturated carbocycles. The van der Waals surface area contributed by atoms with Crippen LogP contribution in [0, 0.1) is 5.92 Å². The lowest BCUT2D eigenvalue weighted by Crippen LogP contribution is -2.43. The Morgan fingerprint density at radius 3 is 2.45 bits per heavy atom. The van der Waals surface area contributed by atoms with Crippen molar-refractivity contribution in [3.05, 3.63) is 47.6 Å². The van der Waals surface area contributed by atoms with E-state index in [1.807, 2.05) is 0 Å². The average Bonchev–Trinajstić information content (AvgIpc) is 2.91. The van der Waals surface area contributed by atoms with Crippen LogP contribution in [0.4, 0.5) is 0 Å². The van der Waals surface area contributed by atoms with E-state index in [1.165, 1.54) is 13.0 Å². The van der Waals surface area contributed by atoms with Gasteiger partial charge < -0.3 is 14.2 Å². The highest BCUT2D eigenvalue weighted by molar-refractivity contribution is 5.93. The molecule has 0 spiro atoms. The topological polar surface area (TPSA) is 96.0 Å². The second-order valence-corrected chi connectivity index (χ2v) is 7.36. The quantitative estimate of drug-likeness (QED) is 0.310. The van der Waals surface area contributed by atoms with E-state index in [4.69, 9.17) is 14.2 Å². The fraction of sp³-hybridized carbons (Fsp3) is 0.455. The average molecular weight is 402 g/mol. The Morgan fingerprint density at radius 2 is 1.86 bits per heavy atom. The summed E-state index contributed by atoms with van der Waals surface area (Å²) >= 11 is 0. The maximum absolute atomic E-state index is 12.4. The first-order valence-electron chi connectivity index (χ1n) is 9.33. The summed E-state index contributed by atoms with van der Waals surface area (Å²) < 4.78 is 16.5. The summed E-state index contributed by atoms with van der Waals surface area (Å²) in [6, 6.07) is 0. The highest BCUT2D eigenvalue weighted by Gasteiger charge is 2.50. The summed E-state index contributed by atoms with van der Waals surface area (Å²) in [6.45, 7) is 14.0. The summed E-state index contributed by atoms with van der Waals surface area (Å²) in [7, 11) is 0. The molecule has 0 amide bonds. The molecule has 0 radical (unpaired) electrons. The molecule has 7 heteroatoms. The highest BCUT2D eigenvalue weighted by atomic mass is 16.6. The second-order valence-electron chi connectivity index (χ2n) is 7.36. The number of ether oxygens (including phenoxy) is 3. The normalized spacial score (nSPS) is 30.1. The van der Waals surface area contributed by atoms with E-state index in [-0.39, 0.29) is 24.2 Å². The van der Waals surface area contributed by atoms with Crippen molar-refractivity contribution >= 4 is 23.7 Å². The van der Waals surface area contributed by atoms with Gasteiger partial charge in [-0.15, -0.1) is 0 Å². The van der Waals surface area contributed by atoms with E-state index >= 15 is 0 Å². The van der Waals surface area contributed by atoms with Crippen molar-refractivity contribution in [2.45, 2.75) is 58.8 Å². The van der Waals surface area contributed by atoms with Crippen molar-refractivity contribution in [3.8, 4) is 0 Å². The van der Waals surface area contributed by atoms with E-state index in [9.17, 15) is 19.2 Å². The molecular weight excluding hydrogens is 376 g/mol. The molecule has 1 aliphatic carbocycles. The molecule has 1 heterocycles. The number of allylic oxidation sites excluding steroid dienone is 2. The number of fused-ring (bicyclic) bond motifs is 1. The van der Waals surface area contributed by atoms with Gasteiger partial charge in [-0.25, -0.2) is 9.59 Å². The summed E-state index contributed by atoms with van der Waals surface area (Å²) in [4.78, 5) is 48.8. The lowest BCUT2D eigenvalue weighted by atomic mass is 9.82. The maximum atomic E-state index is 12.4. The minimum absolute atomic E-state index is 0.0648. The molecule has 0 N–H and O–H groups in total. The van der Waals surface area contributed by atoms with Crippen LogP contribution in [-0.2, 0) is 33.4 Å². The first-order chi connectivity index (χ1) is 13.5. The van der Waals surface area contributed by atoms with Gasteiger partial charge >= 0.3 is 17.9 Å². The van der Waals surface area contributed by atoms with E-state index in [0.717, 1.165) is 0 Å². The van der Waals surface area contributed by atoms with Gasteiger partial charge in [-0.3, -0.25) is 9.59 Å². The Bertz CT molecular complexity index is 830. The number of ketones is 1. The van der Waals surface area contributed by atoms with Gasteiger partial charge in [-0.05, 0) is 32.4 Å².